The number of rotatable bonds is 3. The van der Waals surface area contributed by atoms with Crippen molar-refractivity contribution in [2.24, 2.45) is 0 Å². The molecule has 0 aliphatic carbocycles. The fraction of sp³-hybridized carbons (Fsp3) is 0. The van der Waals surface area contributed by atoms with Crippen LogP contribution >= 0.6 is 35.4 Å². The average Bonchev–Trinajstić information content (AvgIpc) is 3.13. The smallest absolute Gasteiger partial charge is 0.257 e. The minimum atomic E-state index is -0.517. The number of carbonyl (C=O) groups excluding carboxylic acids is 1. The zero-order chi connectivity index (χ0) is 21.3. The summed E-state index contributed by atoms with van der Waals surface area (Å²) >= 11 is 17.2. The number of hydrogen-bond donors (Lipinski definition) is 2. The molecule has 1 amide bonds. The maximum absolute atomic E-state index is 13.3. The fourth-order valence-corrected chi connectivity index (χ4v) is 3.23. The Kier molecular flexibility index (Phi) is 5.67. The highest BCUT2D eigenvalue weighted by Crippen LogP contribution is 2.30. The van der Waals surface area contributed by atoms with E-state index in [4.69, 9.17) is 39.8 Å². The van der Waals surface area contributed by atoms with Crippen molar-refractivity contribution in [2.45, 2.75) is 0 Å². The maximum Gasteiger partial charge on any atom is 0.257 e. The van der Waals surface area contributed by atoms with E-state index in [0.29, 0.717) is 38.3 Å². The van der Waals surface area contributed by atoms with Crippen molar-refractivity contribution in [1.82, 2.24) is 10.3 Å². The SMILES string of the molecule is O=C(NC(=S)Nc1ccc2oc(-c3ccc(Cl)c(Cl)c3)nc2c1)c1cccc(F)c1. The molecule has 0 atom stereocenters. The number of fused-ring (bicyclic) bond motifs is 1. The van der Waals surface area contributed by atoms with Gasteiger partial charge in [-0.2, -0.15) is 0 Å². The molecular formula is C21H12Cl2FN3O2S. The van der Waals surface area contributed by atoms with Gasteiger partial charge in [-0.3, -0.25) is 10.1 Å². The number of anilines is 1. The molecule has 0 saturated carbocycles. The maximum atomic E-state index is 13.3. The molecule has 0 unspecified atom stereocenters. The number of halogens is 3. The third-order valence-electron chi connectivity index (χ3n) is 4.13. The molecule has 2 N–H and O–H groups in total. The third-order valence-corrected chi connectivity index (χ3v) is 5.07. The Morgan fingerprint density at radius 1 is 1.03 bits per heavy atom. The highest BCUT2D eigenvalue weighted by molar-refractivity contribution is 7.80. The Morgan fingerprint density at radius 2 is 1.87 bits per heavy atom. The van der Waals surface area contributed by atoms with Crippen LogP contribution in [-0.2, 0) is 0 Å². The van der Waals surface area contributed by atoms with Crippen molar-refractivity contribution < 1.29 is 13.6 Å². The van der Waals surface area contributed by atoms with Crippen molar-refractivity contribution in [2.75, 3.05) is 5.32 Å². The molecule has 30 heavy (non-hydrogen) atoms. The fourth-order valence-electron chi connectivity index (χ4n) is 2.73. The standard InChI is InChI=1S/C21H12Cl2FN3O2S/c22-15-6-4-12(9-16(15)23)20-26-17-10-14(5-7-18(17)29-20)25-21(30)27-19(28)11-2-1-3-13(24)8-11/h1-10H,(H2,25,27,28,30). The quantitative estimate of drug-likeness (QED) is 0.364. The van der Waals surface area contributed by atoms with E-state index in [0.717, 1.165) is 6.07 Å². The molecule has 0 saturated heterocycles. The van der Waals surface area contributed by atoms with Crippen LogP contribution in [0.3, 0.4) is 0 Å². The van der Waals surface area contributed by atoms with E-state index >= 15 is 0 Å². The normalized spacial score (nSPS) is 10.8. The molecule has 5 nitrogen and oxygen atoms in total. The lowest BCUT2D eigenvalue weighted by Crippen LogP contribution is -2.34. The molecule has 0 spiro atoms. The van der Waals surface area contributed by atoms with Crippen LogP contribution in [0, 0.1) is 5.82 Å². The molecule has 0 fully saturated rings. The number of carbonyl (C=O) groups is 1. The monoisotopic (exact) mass is 459 g/mol. The van der Waals surface area contributed by atoms with Gasteiger partial charge in [0.1, 0.15) is 11.3 Å². The molecule has 0 radical (unpaired) electrons. The first-order valence-corrected chi connectivity index (χ1v) is 9.79. The van der Waals surface area contributed by atoms with Crippen LogP contribution in [0.25, 0.3) is 22.6 Å². The van der Waals surface area contributed by atoms with Gasteiger partial charge in [-0.15, -0.1) is 0 Å². The van der Waals surface area contributed by atoms with Crippen LogP contribution in [0.5, 0.6) is 0 Å². The number of amides is 1. The molecule has 4 rings (SSSR count). The number of oxazole rings is 1. The summed E-state index contributed by atoms with van der Waals surface area (Å²) in [5.74, 6) is -0.630. The van der Waals surface area contributed by atoms with Crippen LogP contribution < -0.4 is 10.6 Å². The number of aromatic nitrogens is 1. The Balaban J connectivity index is 1.50. The lowest BCUT2D eigenvalue weighted by atomic mass is 10.2. The predicted octanol–water partition coefficient (Wildman–Crippen LogP) is 6.07. The summed E-state index contributed by atoms with van der Waals surface area (Å²) < 4.78 is 19.0. The van der Waals surface area contributed by atoms with E-state index in [1.165, 1.54) is 18.2 Å². The van der Waals surface area contributed by atoms with Gasteiger partial charge in [0.05, 0.1) is 10.0 Å². The van der Waals surface area contributed by atoms with Crippen LogP contribution in [0.2, 0.25) is 10.0 Å². The van der Waals surface area contributed by atoms with Gasteiger partial charge in [0, 0.05) is 16.8 Å². The summed E-state index contributed by atoms with van der Waals surface area (Å²) in [7, 11) is 0. The molecule has 0 aliphatic rings. The summed E-state index contributed by atoms with van der Waals surface area (Å²) in [4.78, 5) is 16.6. The Hall–Kier alpha value is -3.00. The van der Waals surface area contributed by atoms with Gasteiger partial charge >= 0.3 is 0 Å². The topological polar surface area (TPSA) is 67.2 Å². The molecule has 0 aliphatic heterocycles. The summed E-state index contributed by atoms with van der Waals surface area (Å²) in [6, 6.07) is 15.6. The van der Waals surface area contributed by atoms with Gasteiger partial charge in [-0.25, -0.2) is 9.37 Å². The molecule has 3 aromatic carbocycles. The van der Waals surface area contributed by atoms with E-state index < -0.39 is 11.7 Å². The van der Waals surface area contributed by atoms with Crippen molar-refractivity contribution in [3.8, 4) is 11.5 Å². The van der Waals surface area contributed by atoms with E-state index in [-0.39, 0.29) is 10.7 Å². The second-order valence-electron chi connectivity index (χ2n) is 6.25. The van der Waals surface area contributed by atoms with Gasteiger partial charge in [-0.05, 0) is 66.8 Å². The van der Waals surface area contributed by atoms with Crippen molar-refractivity contribution >= 4 is 63.2 Å². The van der Waals surface area contributed by atoms with Crippen LogP contribution in [0.15, 0.2) is 65.1 Å². The lowest BCUT2D eigenvalue weighted by Gasteiger charge is -2.09. The van der Waals surface area contributed by atoms with Crippen LogP contribution in [0.4, 0.5) is 10.1 Å². The summed E-state index contributed by atoms with van der Waals surface area (Å²) in [5.41, 5.74) is 2.60. The molecule has 4 aromatic rings. The molecule has 9 heteroatoms. The van der Waals surface area contributed by atoms with Crippen LogP contribution in [0.1, 0.15) is 10.4 Å². The van der Waals surface area contributed by atoms with Crippen molar-refractivity contribution in [1.29, 1.82) is 0 Å². The van der Waals surface area contributed by atoms with E-state index in [2.05, 4.69) is 15.6 Å². The Labute approximate surface area is 185 Å². The molecule has 150 valence electrons. The van der Waals surface area contributed by atoms with Gasteiger partial charge in [0.2, 0.25) is 5.89 Å². The number of benzene rings is 3. The van der Waals surface area contributed by atoms with Gasteiger partial charge in [0.15, 0.2) is 10.7 Å². The average molecular weight is 460 g/mol. The second kappa shape index (κ2) is 8.39. The zero-order valence-corrected chi connectivity index (χ0v) is 17.4. The summed E-state index contributed by atoms with van der Waals surface area (Å²) in [6.45, 7) is 0. The second-order valence-corrected chi connectivity index (χ2v) is 7.47. The van der Waals surface area contributed by atoms with Crippen molar-refractivity contribution in [3.63, 3.8) is 0 Å². The first-order chi connectivity index (χ1) is 14.4. The summed E-state index contributed by atoms with van der Waals surface area (Å²) in [6.07, 6.45) is 0. The number of nitrogens with zero attached hydrogens (tertiary/aromatic N) is 1. The molecule has 0 bridgehead atoms. The third kappa shape index (κ3) is 4.43. The van der Waals surface area contributed by atoms with Gasteiger partial charge in [-0.1, -0.05) is 29.3 Å². The number of thiocarbonyl (C=S) groups is 1. The first kappa shape index (κ1) is 20.3. The van der Waals surface area contributed by atoms with Crippen molar-refractivity contribution in [3.05, 3.63) is 82.1 Å². The molecule has 1 aromatic heterocycles. The number of nitrogens with one attached hydrogen (secondary N) is 2. The van der Waals surface area contributed by atoms with Gasteiger partial charge in [0.25, 0.3) is 5.91 Å². The van der Waals surface area contributed by atoms with E-state index in [1.807, 2.05) is 0 Å². The van der Waals surface area contributed by atoms with Crippen LogP contribution in [-0.4, -0.2) is 16.0 Å². The molecular weight excluding hydrogens is 448 g/mol. The van der Waals surface area contributed by atoms with E-state index in [9.17, 15) is 9.18 Å². The zero-order valence-electron chi connectivity index (χ0n) is 15.1. The number of hydrogen-bond acceptors (Lipinski definition) is 4. The Morgan fingerprint density at radius 3 is 2.63 bits per heavy atom. The minimum Gasteiger partial charge on any atom is -0.436 e. The van der Waals surface area contributed by atoms with E-state index in [1.54, 1.807) is 36.4 Å². The highest BCUT2D eigenvalue weighted by Gasteiger charge is 2.12. The first-order valence-electron chi connectivity index (χ1n) is 8.63. The Bertz CT molecular complexity index is 1290. The summed E-state index contributed by atoms with van der Waals surface area (Å²) in [5, 5.41) is 6.32. The molecule has 1 heterocycles. The lowest BCUT2D eigenvalue weighted by molar-refractivity contribution is 0.0977. The largest absolute Gasteiger partial charge is 0.436 e. The highest BCUT2D eigenvalue weighted by atomic mass is 35.5. The minimum absolute atomic E-state index is 0.0665. The predicted molar refractivity (Wildman–Crippen MR) is 120 cm³/mol. The van der Waals surface area contributed by atoms with Gasteiger partial charge < -0.3 is 9.73 Å².